The number of anilines is 1. The number of carbonyl (C=O) groups excluding carboxylic acids is 3. The Morgan fingerprint density at radius 3 is 2.42 bits per heavy atom. The number of esters is 1. The van der Waals surface area contributed by atoms with E-state index < -0.39 is 11.9 Å². The van der Waals surface area contributed by atoms with Gasteiger partial charge in [-0.15, -0.1) is 11.3 Å². The minimum atomic E-state index is -0.576. The van der Waals surface area contributed by atoms with Crippen molar-refractivity contribution in [2.24, 2.45) is 0 Å². The predicted molar refractivity (Wildman–Crippen MR) is 126 cm³/mol. The monoisotopic (exact) mass is 462 g/mol. The minimum absolute atomic E-state index is 0.182. The Morgan fingerprint density at radius 2 is 1.84 bits per heavy atom. The molecule has 1 aromatic heterocycles. The van der Waals surface area contributed by atoms with Gasteiger partial charge < -0.3 is 15.0 Å². The molecule has 6 nitrogen and oxygen atoms in total. The number of carbonyl (C=O) groups is 3. The van der Waals surface area contributed by atoms with Crippen LogP contribution in [0.15, 0.2) is 30.3 Å². The minimum Gasteiger partial charge on any atom is -0.459 e. The fourth-order valence-corrected chi connectivity index (χ4v) is 4.27. The first-order valence-corrected chi connectivity index (χ1v) is 11.3. The summed E-state index contributed by atoms with van der Waals surface area (Å²) in [6.07, 6.45) is 2.59. The van der Waals surface area contributed by atoms with Crippen LogP contribution in [0.5, 0.6) is 0 Å². The van der Waals surface area contributed by atoms with E-state index in [-0.39, 0.29) is 22.6 Å². The molecule has 2 amide bonds. The van der Waals surface area contributed by atoms with Crippen LogP contribution in [0.4, 0.5) is 5.00 Å². The van der Waals surface area contributed by atoms with Gasteiger partial charge in [-0.05, 0) is 57.9 Å². The Balaban J connectivity index is 2.38. The highest BCUT2D eigenvalue weighted by molar-refractivity contribution is 7.18. The van der Waals surface area contributed by atoms with E-state index in [9.17, 15) is 14.4 Å². The maximum atomic E-state index is 12.9. The van der Waals surface area contributed by atoms with Crippen LogP contribution in [0.2, 0.25) is 5.02 Å². The third-order valence-electron chi connectivity index (χ3n) is 4.49. The second-order valence-electron chi connectivity index (χ2n) is 7.04. The summed E-state index contributed by atoms with van der Waals surface area (Å²) >= 11 is 7.19. The molecule has 1 aromatic carbocycles. The van der Waals surface area contributed by atoms with E-state index in [0.717, 1.165) is 11.3 Å². The van der Waals surface area contributed by atoms with Crippen molar-refractivity contribution in [3.63, 3.8) is 0 Å². The Kier molecular flexibility index (Phi) is 8.83. The van der Waals surface area contributed by atoms with Crippen LogP contribution >= 0.6 is 22.9 Å². The van der Waals surface area contributed by atoms with Gasteiger partial charge in [0, 0.05) is 24.2 Å². The first-order chi connectivity index (χ1) is 14.7. The molecule has 0 atom stereocenters. The van der Waals surface area contributed by atoms with Crippen molar-refractivity contribution < 1.29 is 19.1 Å². The van der Waals surface area contributed by atoms with Crippen LogP contribution in [0, 0.1) is 6.92 Å². The quantitative estimate of drug-likeness (QED) is 0.420. The van der Waals surface area contributed by atoms with E-state index in [1.54, 1.807) is 49.9 Å². The summed E-state index contributed by atoms with van der Waals surface area (Å²) in [5.74, 6) is -1.20. The van der Waals surface area contributed by atoms with E-state index in [1.807, 2.05) is 19.9 Å². The lowest BCUT2D eigenvalue weighted by atomic mass is 10.1. The van der Waals surface area contributed by atoms with Gasteiger partial charge in [0.1, 0.15) is 5.00 Å². The molecular weight excluding hydrogens is 436 g/mol. The maximum Gasteiger partial charge on any atom is 0.341 e. The topological polar surface area (TPSA) is 75.7 Å². The summed E-state index contributed by atoms with van der Waals surface area (Å²) in [7, 11) is 0. The largest absolute Gasteiger partial charge is 0.459 e. The SMILES string of the molecule is CCN(CC)C(=O)c1sc(NC(=O)C=Cc2ccccc2Cl)c(C(=O)OC(C)C)c1C. The molecule has 0 fully saturated rings. The molecule has 0 spiro atoms. The molecule has 1 heterocycles. The Hall–Kier alpha value is -2.64. The highest BCUT2D eigenvalue weighted by atomic mass is 35.5. The number of thiophene rings is 1. The van der Waals surface area contributed by atoms with Crippen molar-refractivity contribution in [2.75, 3.05) is 18.4 Å². The van der Waals surface area contributed by atoms with Crippen LogP contribution in [-0.4, -0.2) is 41.9 Å². The molecule has 2 aromatic rings. The number of hydrogen-bond donors (Lipinski definition) is 1. The van der Waals surface area contributed by atoms with Gasteiger partial charge in [-0.25, -0.2) is 4.79 Å². The van der Waals surface area contributed by atoms with E-state index in [2.05, 4.69) is 5.32 Å². The molecule has 1 N–H and O–H groups in total. The lowest BCUT2D eigenvalue weighted by Gasteiger charge is -2.18. The fraction of sp³-hybridized carbons (Fsp3) is 0.348. The summed E-state index contributed by atoms with van der Waals surface area (Å²) in [5, 5.41) is 3.53. The van der Waals surface area contributed by atoms with Gasteiger partial charge in [0.05, 0.1) is 16.5 Å². The lowest BCUT2D eigenvalue weighted by molar-refractivity contribution is -0.111. The standard InChI is InChI=1S/C23H27ClN2O4S/c1-6-26(7-2)22(28)20-15(5)19(23(29)30-14(3)4)21(31-20)25-18(27)13-12-16-10-8-9-11-17(16)24/h8-14H,6-7H2,1-5H3,(H,25,27). The third kappa shape index (κ3) is 6.18. The van der Waals surface area contributed by atoms with Crippen molar-refractivity contribution in [1.29, 1.82) is 0 Å². The first kappa shape index (κ1) is 24.6. The predicted octanol–water partition coefficient (Wildman–Crippen LogP) is 5.41. The van der Waals surface area contributed by atoms with Crippen LogP contribution in [0.25, 0.3) is 6.08 Å². The van der Waals surface area contributed by atoms with Crippen LogP contribution in [0.3, 0.4) is 0 Å². The number of halogens is 1. The Labute approximate surface area is 191 Å². The molecule has 0 bridgehead atoms. The van der Waals surface area contributed by atoms with Gasteiger partial charge in [-0.1, -0.05) is 29.8 Å². The smallest absolute Gasteiger partial charge is 0.341 e. The molecule has 0 saturated carbocycles. The van der Waals surface area contributed by atoms with Crippen molar-refractivity contribution >= 4 is 51.8 Å². The highest BCUT2D eigenvalue weighted by Crippen LogP contribution is 2.35. The number of hydrogen-bond acceptors (Lipinski definition) is 5. The Bertz CT molecular complexity index is 993. The first-order valence-electron chi connectivity index (χ1n) is 10.1. The molecule has 0 unspecified atom stereocenters. The number of ether oxygens (including phenoxy) is 1. The Morgan fingerprint density at radius 1 is 1.19 bits per heavy atom. The fourth-order valence-electron chi connectivity index (χ4n) is 2.91. The molecule has 0 aliphatic heterocycles. The molecule has 0 saturated heterocycles. The number of rotatable bonds is 8. The molecule has 0 radical (unpaired) electrons. The number of amides is 2. The average molecular weight is 463 g/mol. The molecule has 2 rings (SSSR count). The van der Waals surface area contributed by atoms with Crippen LogP contribution < -0.4 is 5.32 Å². The lowest BCUT2D eigenvalue weighted by Crippen LogP contribution is -2.30. The van der Waals surface area contributed by atoms with Crippen molar-refractivity contribution in [3.8, 4) is 0 Å². The van der Waals surface area contributed by atoms with E-state index in [0.29, 0.717) is 34.1 Å². The average Bonchev–Trinajstić information content (AvgIpc) is 3.03. The zero-order valence-corrected chi connectivity index (χ0v) is 19.9. The molecule has 31 heavy (non-hydrogen) atoms. The zero-order valence-electron chi connectivity index (χ0n) is 18.3. The normalized spacial score (nSPS) is 11.1. The van der Waals surface area contributed by atoms with E-state index in [1.165, 1.54) is 6.08 Å². The maximum absolute atomic E-state index is 12.9. The van der Waals surface area contributed by atoms with Crippen LogP contribution in [0.1, 0.15) is 58.9 Å². The van der Waals surface area contributed by atoms with Gasteiger partial charge in [0.2, 0.25) is 5.91 Å². The van der Waals surface area contributed by atoms with Crippen molar-refractivity contribution in [1.82, 2.24) is 4.90 Å². The summed E-state index contributed by atoms with van der Waals surface area (Å²) in [6, 6.07) is 7.13. The molecule has 166 valence electrons. The molecule has 8 heteroatoms. The number of nitrogens with one attached hydrogen (secondary N) is 1. The van der Waals surface area contributed by atoms with E-state index in [4.69, 9.17) is 16.3 Å². The van der Waals surface area contributed by atoms with E-state index >= 15 is 0 Å². The van der Waals surface area contributed by atoms with Crippen LogP contribution in [-0.2, 0) is 9.53 Å². The second-order valence-corrected chi connectivity index (χ2v) is 8.46. The van der Waals surface area contributed by atoms with Gasteiger partial charge in [0.15, 0.2) is 0 Å². The highest BCUT2D eigenvalue weighted by Gasteiger charge is 2.28. The number of benzene rings is 1. The zero-order chi connectivity index (χ0) is 23.1. The second kappa shape index (κ2) is 11.1. The number of nitrogens with zero attached hydrogens (tertiary/aromatic N) is 1. The van der Waals surface area contributed by atoms with Gasteiger partial charge in [-0.2, -0.15) is 0 Å². The molecule has 0 aliphatic carbocycles. The van der Waals surface area contributed by atoms with Gasteiger partial charge in [0.25, 0.3) is 5.91 Å². The van der Waals surface area contributed by atoms with Crippen molar-refractivity contribution in [2.45, 2.75) is 40.7 Å². The molecule has 0 aliphatic rings. The van der Waals surface area contributed by atoms with Gasteiger partial charge >= 0.3 is 5.97 Å². The van der Waals surface area contributed by atoms with Crippen molar-refractivity contribution in [3.05, 3.63) is 56.9 Å². The molecular formula is C23H27ClN2O4S. The summed E-state index contributed by atoms with van der Waals surface area (Å²) in [4.78, 5) is 40.3. The summed E-state index contributed by atoms with van der Waals surface area (Å²) < 4.78 is 5.35. The summed E-state index contributed by atoms with van der Waals surface area (Å²) in [6.45, 7) is 10.0. The summed E-state index contributed by atoms with van der Waals surface area (Å²) in [5.41, 5.74) is 1.39. The van der Waals surface area contributed by atoms with Gasteiger partial charge in [-0.3, -0.25) is 9.59 Å². The third-order valence-corrected chi connectivity index (χ3v) is 6.03.